The molecule has 1 heterocycles. The molecule has 0 atom stereocenters. The lowest BCUT2D eigenvalue weighted by Crippen LogP contribution is -2.17. The van der Waals surface area contributed by atoms with Gasteiger partial charge in [-0.15, -0.1) is 0 Å². The Kier molecular flexibility index (Phi) is 4.98. The molecule has 0 fully saturated rings. The van der Waals surface area contributed by atoms with Gasteiger partial charge in [0.1, 0.15) is 11.1 Å². The number of rotatable bonds is 6. The van der Waals surface area contributed by atoms with Gasteiger partial charge >= 0.3 is 0 Å². The maximum Gasteiger partial charge on any atom is 0.263 e. The van der Waals surface area contributed by atoms with Crippen LogP contribution in [0.3, 0.4) is 0 Å². The molecule has 3 aromatic rings. The number of aromatic amines is 1. The smallest absolute Gasteiger partial charge is 0.263 e. The molecular formula is C19H18N2O6. The van der Waals surface area contributed by atoms with Crippen molar-refractivity contribution in [2.75, 3.05) is 28.4 Å². The second-order valence-corrected chi connectivity index (χ2v) is 5.51. The average Bonchev–Trinajstić information content (AvgIpc) is 2.71. The lowest BCUT2D eigenvalue weighted by atomic mass is 10.1. The summed E-state index contributed by atoms with van der Waals surface area (Å²) in [4.78, 5) is 32.2. The molecule has 0 aliphatic heterocycles. The van der Waals surface area contributed by atoms with Crippen molar-refractivity contribution in [2.45, 2.75) is 0 Å². The molecule has 0 saturated carbocycles. The van der Waals surface area contributed by atoms with Crippen LogP contribution >= 0.6 is 0 Å². The summed E-state index contributed by atoms with van der Waals surface area (Å²) in [7, 11) is 5.84. The quantitative estimate of drug-likeness (QED) is 0.664. The summed E-state index contributed by atoms with van der Waals surface area (Å²) in [6.07, 6.45) is 0. The third kappa shape index (κ3) is 3.17. The Morgan fingerprint density at radius 2 is 1.59 bits per heavy atom. The number of carbonyl (C=O) groups excluding carboxylic acids is 1. The SMILES string of the molecule is COc1ccc(C(=O)c2nc3cc(OC)c(OC)c(OC)c3c(=O)[nH]2)cc1. The second kappa shape index (κ2) is 7.36. The lowest BCUT2D eigenvalue weighted by Gasteiger charge is -2.14. The molecule has 2 aromatic carbocycles. The highest BCUT2D eigenvalue weighted by atomic mass is 16.5. The number of methoxy groups -OCH3 is 4. The maximum atomic E-state index is 12.7. The monoisotopic (exact) mass is 370 g/mol. The topological polar surface area (TPSA) is 99.7 Å². The Hall–Kier alpha value is -3.55. The lowest BCUT2D eigenvalue weighted by molar-refractivity contribution is 0.102. The summed E-state index contributed by atoms with van der Waals surface area (Å²) in [5.41, 5.74) is 0.102. The van der Waals surface area contributed by atoms with Crippen LogP contribution in [0, 0.1) is 0 Å². The highest BCUT2D eigenvalue weighted by Crippen LogP contribution is 2.41. The first-order chi connectivity index (χ1) is 13.0. The van der Waals surface area contributed by atoms with E-state index in [2.05, 4.69) is 9.97 Å². The Morgan fingerprint density at radius 3 is 2.15 bits per heavy atom. The van der Waals surface area contributed by atoms with Crippen molar-refractivity contribution in [3.05, 3.63) is 52.1 Å². The average molecular weight is 370 g/mol. The minimum atomic E-state index is -0.519. The van der Waals surface area contributed by atoms with Crippen molar-refractivity contribution in [1.82, 2.24) is 9.97 Å². The fraction of sp³-hybridized carbons (Fsp3) is 0.211. The molecular weight excluding hydrogens is 352 g/mol. The summed E-state index contributed by atoms with van der Waals surface area (Å²) in [6, 6.07) is 8.03. The molecule has 0 aliphatic rings. The van der Waals surface area contributed by atoms with E-state index in [4.69, 9.17) is 18.9 Å². The minimum Gasteiger partial charge on any atom is -0.497 e. The number of hydrogen-bond acceptors (Lipinski definition) is 7. The molecule has 0 amide bonds. The molecule has 0 spiro atoms. The molecule has 0 unspecified atom stereocenters. The van der Waals surface area contributed by atoms with Crippen molar-refractivity contribution >= 4 is 16.7 Å². The van der Waals surface area contributed by atoms with Gasteiger partial charge in [0.15, 0.2) is 17.3 Å². The predicted octanol–water partition coefficient (Wildman–Crippen LogP) is 2.19. The number of hydrogen-bond donors (Lipinski definition) is 1. The van der Waals surface area contributed by atoms with Crippen molar-refractivity contribution < 1.29 is 23.7 Å². The number of ketones is 1. The number of benzene rings is 2. The van der Waals surface area contributed by atoms with E-state index in [1.165, 1.54) is 34.5 Å². The van der Waals surface area contributed by atoms with Gasteiger partial charge in [-0.25, -0.2) is 4.98 Å². The number of ether oxygens (including phenoxy) is 4. The van der Waals surface area contributed by atoms with Crippen LogP contribution < -0.4 is 24.5 Å². The van der Waals surface area contributed by atoms with E-state index in [1.54, 1.807) is 24.3 Å². The van der Waals surface area contributed by atoms with Crippen LogP contribution in [0.4, 0.5) is 0 Å². The molecule has 0 bridgehead atoms. The van der Waals surface area contributed by atoms with E-state index in [0.717, 1.165) is 0 Å². The van der Waals surface area contributed by atoms with Crippen molar-refractivity contribution in [3.63, 3.8) is 0 Å². The zero-order chi connectivity index (χ0) is 19.6. The number of fused-ring (bicyclic) bond motifs is 1. The van der Waals surface area contributed by atoms with Crippen LogP contribution in [0.2, 0.25) is 0 Å². The maximum absolute atomic E-state index is 12.7. The van der Waals surface area contributed by atoms with E-state index in [9.17, 15) is 9.59 Å². The van der Waals surface area contributed by atoms with Gasteiger partial charge in [0, 0.05) is 11.6 Å². The van der Waals surface area contributed by atoms with Gasteiger partial charge < -0.3 is 23.9 Å². The molecule has 0 aliphatic carbocycles. The van der Waals surface area contributed by atoms with Crippen LogP contribution in [0.1, 0.15) is 16.2 Å². The van der Waals surface area contributed by atoms with Crippen molar-refractivity contribution in [1.29, 1.82) is 0 Å². The van der Waals surface area contributed by atoms with E-state index in [-0.39, 0.29) is 28.2 Å². The van der Waals surface area contributed by atoms with Gasteiger partial charge in [0.05, 0.1) is 34.0 Å². The van der Waals surface area contributed by atoms with Gasteiger partial charge in [-0.1, -0.05) is 0 Å². The summed E-state index contributed by atoms with van der Waals surface area (Å²) in [6.45, 7) is 0. The van der Waals surface area contributed by atoms with Gasteiger partial charge in [-0.3, -0.25) is 9.59 Å². The standard InChI is InChI=1S/C19H18N2O6/c1-24-11-7-5-10(6-8-11)15(22)18-20-12-9-13(25-2)16(26-3)17(27-4)14(12)19(23)21-18/h5-9H,1-4H3,(H,20,21,23). The van der Waals surface area contributed by atoms with E-state index in [1.807, 2.05) is 0 Å². The molecule has 1 aromatic heterocycles. The third-order valence-corrected chi connectivity index (χ3v) is 4.07. The highest BCUT2D eigenvalue weighted by molar-refractivity contribution is 6.07. The molecule has 140 valence electrons. The first-order valence-corrected chi connectivity index (χ1v) is 7.95. The first-order valence-electron chi connectivity index (χ1n) is 7.95. The molecule has 8 nitrogen and oxygen atoms in total. The summed E-state index contributed by atoms with van der Waals surface area (Å²) in [5.74, 6) is 0.895. The zero-order valence-electron chi connectivity index (χ0n) is 15.3. The van der Waals surface area contributed by atoms with Gasteiger partial charge in [-0.2, -0.15) is 0 Å². The molecule has 3 rings (SSSR count). The van der Waals surface area contributed by atoms with E-state index < -0.39 is 11.3 Å². The Morgan fingerprint density at radius 1 is 0.926 bits per heavy atom. The molecule has 1 N–H and O–H groups in total. The molecule has 8 heteroatoms. The fourth-order valence-electron chi connectivity index (χ4n) is 2.76. The van der Waals surface area contributed by atoms with Crippen LogP contribution in [-0.4, -0.2) is 44.2 Å². The number of nitrogens with zero attached hydrogens (tertiary/aromatic N) is 1. The molecule has 0 saturated heterocycles. The van der Waals surface area contributed by atoms with Gasteiger partial charge in [-0.05, 0) is 24.3 Å². The Bertz CT molecular complexity index is 1060. The third-order valence-electron chi connectivity index (χ3n) is 4.07. The normalized spacial score (nSPS) is 10.5. The molecule has 0 radical (unpaired) electrons. The van der Waals surface area contributed by atoms with E-state index in [0.29, 0.717) is 17.1 Å². The van der Waals surface area contributed by atoms with Gasteiger partial charge in [0.2, 0.25) is 11.5 Å². The predicted molar refractivity (Wildman–Crippen MR) is 98.4 cm³/mol. The van der Waals surface area contributed by atoms with E-state index >= 15 is 0 Å². The van der Waals surface area contributed by atoms with Crippen molar-refractivity contribution in [2.24, 2.45) is 0 Å². The summed E-state index contributed by atoms with van der Waals surface area (Å²) < 4.78 is 21.0. The Labute approximate surface area is 154 Å². The fourth-order valence-corrected chi connectivity index (χ4v) is 2.76. The number of H-pyrrole nitrogens is 1. The summed E-state index contributed by atoms with van der Waals surface area (Å²) >= 11 is 0. The van der Waals surface area contributed by atoms with Crippen LogP contribution in [0.5, 0.6) is 23.0 Å². The highest BCUT2D eigenvalue weighted by Gasteiger charge is 2.22. The zero-order valence-corrected chi connectivity index (χ0v) is 15.3. The first kappa shape index (κ1) is 18.2. The largest absolute Gasteiger partial charge is 0.497 e. The minimum absolute atomic E-state index is 0.0908. The Balaban J connectivity index is 2.18. The number of nitrogens with one attached hydrogen (secondary N) is 1. The van der Waals surface area contributed by atoms with Crippen LogP contribution in [0.25, 0.3) is 10.9 Å². The van der Waals surface area contributed by atoms with Crippen molar-refractivity contribution in [3.8, 4) is 23.0 Å². The van der Waals surface area contributed by atoms with Crippen LogP contribution in [0.15, 0.2) is 35.1 Å². The molecule has 27 heavy (non-hydrogen) atoms. The second-order valence-electron chi connectivity index (χ2n) is 5.51. The summed E-state index contributed by atoms with van der Waals surface area (Å²) in [5, 5.41) is 0.168. The van der Waals surface area contributed by atoms with Gasteiger partial charge in [0.25, 0.3) is 5.56 Å². The van der Waals surface area contributed by atoms with Crippen LogP contribution in [-0.2, 0) is 0 Å². The number of carbonyl (C=O) groups is 1. The number of aromatic nitrogens is 2.